The van der Waals surface area contributed by atoms with E-state index in [1.54, 1.807) is 16.8 Å². The van der Waals surface area contributed by atoms with Crippen LogP contribution in [0, 0.1) is 0 Å². The third kappa shape index (κ3) is 2.52. The Balaban J connectivity index is 2.22. The zero-order chi connectivity index (χ0) is 13.1. The van der Waals surface area contributed by atoms with Crippen molar-refractivity contribution < 1.29 is 10.2 Å². The van der Waals surface area contributed by atoms with E-state index in [0.29, 0.717) is 30.4 Å². The van der Waals surface area contributed by atoms with E-state index in [0.717, 1.165) is 0 Å². The van der Waals surface area contributed by atoms with E-state index in [1.807, 2.05) is 0 Å². The van der Waals surface area contributed by atoms with Crippen LogP contribution in [-0.4, -0.2) is 37.5 Å². The zero-order valence-electron chi connectivity index (χ0n) is 9.83. The van der Waals surface area contributed by atoms with Crippen molar-refractivity contribution in [3.63, 3.8) is 0 Å². The molecule has 5 N–H and O–H groups in total. The molecule has 0 radical (unpaired) electrons. The van der Waals surface area contributed by atoms with Gasteiger partial charge in [0.1, 0.15) is 5.65 Å². The van der Waals surface area contributed by atoms with Crippen molar-refractivity contribution in [3.8, 4) is 0 Å². The second-order valence-electron chi connectivity index (χ2n) is 4.15. The minimum absolute atomic E-state index is 0.0432. The lowest BCUT2D eigenvalue weighted by atomic mass is 10.2. The van der Waals surface area contributed by atoms with Crippen molar-refractivity contribution in [1.82, 2.24) is 14.5 Å². The molecule has 0 aromatic carbocycles. The van der Waals surface area contributed by atoms with Crippen LogP contribution in [0.2, 0.25) is 0 Å². The van der Waals surface area contributed by atoms with Crippen molar-refractivity contribution in [3.05, 3.63) is 22.6 Å². The highest BCUT2D eigenvalue weighted by atomic mass is 16.3. The normalized spacial score (nSPS) is 13.0. The molecule has 0 fully saturated rings. The van der Waals surface area contributed by atoms with Crippen LogP contribution in [0.15, 0.2) is 17.1 Å². The van der Waals surface area contributed by atoms with Crippen LogP contribution in [0.4, 0.5) is 5.95 Å². The molecule has 2 heterocycles. The molecule has 0 spiro atoms. The Bertz CT molecular complexity index is 589. The summed E-state index contributed by atoms with van der Waals surface area (Å²) in [6.07, 6.45) is 2.00. The van der Waals surface area contributed by atoms with E-state index < -0.39 is 6.10 Å². The zero-order valence-corrected chi connectivity index (χ0v) is 9.83. The number of nitrogen functional groups attached to an aromatic ring is 1. The highest BCUT2D eigenvalue weighted by Gasteiger charge is 2.09. The third-order valence-corrected chi connectivity index (χ3v) is 2.81. The molecule has 0 aliphatic carbocycles. The van der Waals surface area contributed by atoms with Gasteiger partial charge in [-0.05, 0) is 18.9 Å². The molecule has 2 aromatic heterocycles. The van der Waals surface area contributed by atoms with E-state index in [-0.39, 0.29) is 18.1 Å². The predicted molar refractivity (Wildman–Crippen MR) is 67.1 cm³/mol. The number of hydrogen-bond donors (Lipinski definition) is 4. The number of H-pyrrole nitrogens is 1. The quantitative estimate of drug-likeness (QED) is 0.569. The van der Waals surface area contributed by atoms with Gasteiger partial charge in [-0.15, -0.1) is 0 Å². The second-order valence-corrected chi connectivity index (χ2v) is 4.15. The molecule has 18 heavy (non-hydrogen) atoms. The monoisotopic (exact) mass is 252 g/mol. The van der Waals surface area contributed by atoms with E-state index in [1.165, 1.54) is 0 Å². The third-order valence-electron chi connectivity index (χ3n) is 2.81. The van der Waals surface area contributed by atoms with Gasteiger partial charge in [-0.3, -0.25) is 9.78 Å². The number of aliphatic hydroxyl groups excluding tert-OH is 2. The number of fused-ring (bicyclic) bond motifs is 1. The highest BCUT2D eigenvalue weighted by molar-refractivity contribution is 5.75. The standard InChI is InChI=1S/C11H16N4O3/c12-11-13-9-8(10(18)14-11)2-5-15(9)4-1-7(17)3-6-16/h2,5,7,16-17H,1,3-4,6H2,(H3,12,13,14,18). The lowest BCUT2D eigenvalue weighted by Gasteiger charge is -2.10. The van der Waals surface area contributed by atoms with E-state index >= 15 is 0 Å². The maximum atomic E-state index is 11.6. The molecule has 0 aliphatic heterocycles. The molecule has 0 aliphatic rings. The first-order chi connectivity index (χ1) is 8.61. The van der Waals surface area contributed by atoms with Gasteiger partial charge in [0.15, 0.2) is 0 Å². The molecule has 1 atom stereocenters. The summed E-state index contributed by atoms with van der Waals surface area (Å²) in [6.45, 7) is 0.471. The molecule has 7 nitrogen and oxygen atoms in total. The van der Waals surface area contributed by atoms with Gasteiger partial charge in [-0.25, -0.2) is 0 Å². The Kier molecular flexibility index (Phi) is 3.63. The molecule has 1 unspecified atom stereocenters. The molecule has 7 heteroatoms. The molecular weight excluding hydrogens is 236 g/mol. The number of aromatic amines is 1. The number of rotatable bonds is 5. The van der Waals surface area contributed by atoms with E-state index in [9.17, 15) is 9.90 Å². The summed E-state index contributed by atoms with van der Waals surface area (Å²) >= 11 is 0. The Morgan fingerprint density at radius 2 is 2.28 bits per heavy atom. The predicted octanol–water partition coefficient (Wildman–Crippen LogP) is -0.560. The van der Waals surface area contributed by atoms with Gasteiger partial charge in [-0.2, -0.15) is 4.98 Å². The number of nitrogens with zero attached hydrogens (tertiary/aromatic N) is 2. The number of nitrogens with two attached hydrogens (primary N) is 1. The fraction of sp³-hybridized carbons (Fsp3) is 0.455. The van der Waals surface area contributed by atoms with Gasteiger partial charge in [-0.1, -0.05) is 0 Å². The summed E-state index contributed by atoms with van der Waals surface area (Å²) in [4.78, 5) is 18.1. The SMILES string of the molecule is Nc1nc2c(ccn2CCC(O)CCO)c(=O)[nH]1. The number of anilines is 1. The number of aromatic nitrogens is 3. The first kappa shape index (κ1) is 12.6. The van der Waals surface area contributed by atoms with Gasteiger partial charge < -0.3 is 20.5 Å². The fourth-order valence-electron chi connectivity index (χ4n) is 1.85. The van der Waals surface area contributed by atoms with Crippen LogP contribution in [0.5, 0.6) is 0 Å². The molecule has 0 saturated carbocycles. The minimum Gasteiger partial charge on any atom is -0.396 e. The van der Waals surface area contributed by atoms with Crippen LogP contribution in [-0.2, 0) is 6.54 Å². The van der Waals surface area contributed by atoms with Crippen LogP contribution in [0.3, 0.4) is 0 Å². The molecule has 0 amide bonds. The molecular formula is C11H16N4O3. The molecule has 98 valence electrons. The summed E-state index contributed by atoms with van der Waals surface area (Å²) in [7, 11) is 0. The summed E-state index contributed by atoms with van der Waals surface area (Å²) in [5, 5.41) is 18.7. The number of aryl methyl sites for hydroxylation is 1. The van der Waals surface area contributed by atoms with Gasteiger partial charge in [0.25, 0.3) is 5.56 Å². The van der Waals surface area contributed by atoms with E-state index in [4.69, 9.17) is 10.8 Å². The Labute approximate surface area is 103 Å². The van der Waals surface area contributed by atoms with Gasteiger partial charge in [0, 0.05) is 19.3 Å². The fourth-order valence-corrected chi connectivity index (χ4v) is 1.85. The number of hydrogen-bond acceptors (Lipinski definition) is 5. The van der Waals surface area contributed by atoms with Crippen LogP contribution >= 0.6 is 0 Å². The first-order valence-corrected chi connectivity index (χ1v) is 5.75. The van der Waals surface area contributed by atoms with Crippen LogP contribution < -0.4 is 11.3 Å². The highest BCUT2D eigenvalue weighted by Crippen LogP contribution is 2.11. The van der Waals surface area contributed by atoms with Crippen LogP contribution in [0.1, 0.15) is 12.8 Å². The van der Waals surface area contributed by atoms with Crippen LogP contribution in [0.25, 0.3) is 11.0 Å². The lowest BCUT2D eigenvalue weighted by molar-refractivity contribution is 0.121. The largest absolute Gasteiger partial charge is 0.396 e. The smallest absolute Gasteiger partial charge is 0.261 e. The molecule has 2 aromatic rings. The molecule has 0 saturated heterocycles. The van der Waals surface area contributed by atoms with Gasteiger partial charge >= 0.3 is 0 Å². The molecule has 2 rings (SSSR count). The summed E-state index contributed by atoms with van der Waals surface area (Å²) in [5.74, 6) is 0.0726. The Morgan fingerprint density at radius 1 is 1.50 bits per heavy atom. The topological polar surface area (TPSA) is 117 Å². The Hall–Kier alpha value is -1.86. The molecule has 0 bridgehead atoms. The van der Waals surface area contributed by atoms with Crippen molar-refractivity contribution in [1.29, 1.82) is 0 Å². The van der Waals surface area contributed by atoms with Crippen molar-refractivity contribution in [2.45, 2.75) is 25.5 Å². The van der Waals surface area contributed by atoms with Crippen molar-refractivity contribution in [2.75, 3.05) is 12.3 Å². The number of nitrogens with one attached hydrogen (secondary N) is 1. The summed E-state index contributed by atoms with van der Waals surface area (Å²) in [5.41, 5.74) is 5.73. The maximum Gasteiger partial charge on any atom is 0.261 e. The lowest BCUT2D eigenvalue weighted by Crippen LogP contribution is -2.14. The summed E-state index contributed by atoms with van der Waals surface area (Å²) < 4.78 is 1.77. The average Bonchev–Trinajstić information content (AvgIpc) is 2.70. The van der Waals surface area contributed by atoms with Gasteiger partial charge in [0.05, 0.1) is 11.5 Å². The summed E-state index contributed by atoms with van der Waals surface area (Å²) in [6, 6.07) is 1.67. The maximum absolute atomic E-state index is 11.6. The van der Waals surface area contributed by atoms with E-state index in [2.05, 4.69) is 9.97 Å². The Morgan fingerprint density at radius 3 is 3.00 bits per heavy atom. The minimum atomic E-state index is -0.563. The van der Waals surface area contributed by atoms with Crippen molar-refractivity contribution in [2.24, 2.45) is 0 Å². The second kappa shape index (κ2) is 5.19. The van der Waals surface area contributed by atoms with Gasteiger partial charge in [0.2, 0.25) is 5.95 Å². The number of aliphatic hydroxyl groups is 2. The average molecular weight is 252 g/mol. The first-order valence-electron chi connectivity index (χ1n) is 5.75. The van der Waals surface area contributed by atoms with Crippen molar-refractivity contribution >= 4 is 17.0 Å².